The fraction of sp³-hybridized carbons (Fsp3) is 0.217. The molecule has 1 amide bonds. The van der Waals surface area contributed by atoms with Crippen LogP contribution in [0.3, 0.4) is 0 Å². The molecule has 0 bridgehead atoms. The molecule has 0 unspecified atom stereocenters. The molecule has 0 aliphatic rings. The summed E-state index contributed by atoms with van der Waals surface area (Å²) in [5, 5.41) is 9.28. The molecule has 0 aliphatic carbocycles. The molecule has 1 N–H and O–H groups in total. The van der Waals surface area contributed by atoms with Gasteiger partial charge < -0.3 is 19.5 Å². The number of carbonyl (C=O) groups excluding carboxylic acids is 1. The third-order valence-corrected chi connectivity index (χ3v) is 5.83. The molecule has 10 heteroatoms. The van der Waals surface area contributed by atoms with Gasteiger partial charge in [0.05, 0.1) is 48.9 Å². The number of aromatic nitrogens is 4. The van der Waals surface area contributed by atoms with Gasteiger partial charge in [-0.2, -0.15) is 9.78 Å². The van der Waals surface area contributed by atoms with Crippen molar-refractivity contribution < 1.29 is 19.0 Å². The Hall–Kier alpha value is -3.76. The predicted molar refractivity (Wildman–Crippen MR) is 124 cm³/mol. The van der Waals surface area contributed by atoms with Crippen molar-refractivity contribution >= 4 is 17.2 Å². The second-order valence-electron chi connectivity index (χ2n) is 6.93. The minimum Gasteiger partial charge on any atom is -0.497 e. The monoisotopic (exact) mass is 465 g/mol. The molecule has 9 nitrogen and oxygen atoms in total. The predicted octanol–water partition coefficient (Wildman–Crippen LogP) is 3.48. The third kappa shape index (κ3) is 4.86. The van der Waals surface area contributed by atoms with Crippen LogP contribution in [0.1, 0.15) is 21.6 Å². The third-order valence-electron chi connectivity index (χ3n) is 4.93. The Morgan fingerprint density at radius 2 is 2.03 bits per heavy atom. The zero-order valence-electron chi connectivity index (χ0n) is 18.4. The van der Waals surface area contributed by atoms with E-state index in [0.717, 1.165) is 16.1 Å². The Kier molecular flexibility index (Phi) is 6.96. The van der Waals surface area contributed by atoms with Crippen molar-refractivity contribution in [2.75, 3.05) is 21.3 Å². The van der Waals surface area contributed by atoms with Crippen LogP contribution in [0.25, 0.3) is 16.5 Å². The van der Waals surface area contributed by atoms with Crippen LogP contribution < -0.4 is 14.8 Å². The summed E-state index contributed by atoms with van der Waals surface area (Å²) in [5.41, 5.74) is 2.54. The number of benzene rings is 1. The molecule has 0 atom stereocenters. The number of methoxy groups -OCH3 is 3. The highest BCUT2D eigenvalue weighted by atomic mass is 32.1. The van der Waals surface area contributed by atoms with E-state index in [1.54, 1.807) is 44.9 Å². The molecule has 0 radical (unpaired) electrons. The standard InChI is InChI=1S/C23H23N5O4S/c1-30-14-19-17(22(29)25-12-15-6-7-16(31-2)11-20(15)32-3)13-26-28(19)23-24-9-8-18(27-23)21-5-4-10-33-21/h4-11,13H,12,14H2,1-3H3,(H,25,29). The minimum atomic E-state index is -0.291. The van der Waals surface area contributed by atoms with Gasteiger partial charge in [-0.1, -0.05) is 6.07 Å². The number of nitrogens with one attached hydrogen (secondary N) is 1. The Morgan fingerprint density at radius 1 is 1.15 bits per heavy atom. The van der Waals surface area contributed by atoms with E-state index in [4.69, 9.17) is 14.2 Å². The van der Waals surface area contributed by atoms with Crippen LogP contribution in [-0.4, -0.2) is 47.0 Å². The van der Waals surface area contributed by atoms with E-state index in [2.05, 4.69) is 20.4 Å². The van der Waals surface area contributed by atoms with Crippen LogP contribution >= 0.6 is 11.3 Å². The van der Waals surface area contributed by atoms with Crippen LogP contribution in [0, 0.1) is 0 Å². The van der Waals surface area contributed by atoms with Crippen LogP contribution in [-0.2, 0) is 17.9 Å². The van der Waals surface area contributed by atoms with Crippen molar-refractivity contribution in [3.8, 4) is 28.0 Å². The summed E-state index contributed by atoms with van der Waals surface area (Å²) in [6.45, 7) is 0.440. The molecule has 0 spiro atoms. The molecule has 0 fully saturated rings. The van der Waals surface area contributed by atoms with Crippen molar-refractivity contribution in [2.24, 2.45) is 0 Å². The first kappa shape index (κ1) is 22.4. The van der Waals surface area contributed by atoms with E-state index in [-0.39, 0.29) is 19.1 Å². The Labute approximate surface area is 195 Å². The molecule has 0 saturated heterocycles. The lowest BCUT2D eigenvalue weighted by atomic mass is 10.1. The van der Waals surface area contributed by atoms with Crippen molar-refractivity contribution in [3.05, 3.63) is 71.0 Å². The van der Waals surface area contributed by atoms with E-state index < -0.39 is 0 Å². The highest BCUT2D eigenvalue weighted by Gasteiger charge is 2.20. The number of thiophene rings is 1. The van der Waals surface area contributed by atoms with Gasteiger partial charge in [-0.3, -0.25) is 4.79 Å². The van der Waals surface area contributed by atoms with E-state index in [1.165, 1.54) is 10.9 Å². The molecule has 33 heavy (non-hydrogen) atoms. The fourth-order valence-electron chi connectivity index (χ4n) is 3.29. The van der Waals surface area contributed by atoms with E-state index in [1.807, 2.05) is 35.7 Å². The number of amides is 1. The second-order valence-corrected chi connectivity index (χ2v) is 7.88. The molecule has 3 aromatic heterocycles. The summed E-state index contributed by atoms with van der Waals surface area (Å²) in [5.74, 6) is 1.38. The maximum atomic E-state index is 13.0. The van der Waals surface area contributed by atoms with Gasteiger partial charge in [-0.15, -0.1) is 11.3 Å². The summed E-state index contributed by atoms with van der Waals surface area (Å²) in [7, 11) is 4.72. The van der Waals surface area contributed by atoms with Crippen LogP contribution in [0.2, 0.25) is 0 Å². The van der Waals surface area contributed by atoms with Gasteiger partial charge in [0.1, 0.15) is 11.5 Å². The van der Waals surface area contributed by atoms with Gasteiger partial charge in [0.2, 0.25) is 0 Å². The quantitative estimate of drug-likeness (QED) is 0.404. The lowest BCUT2D eigenvalue weighted by molar-refractivity contribution is 0.0945. The summed E-state index contributed by atoms with van der Waals surface area (Å²) in [4.78, 5) is 23.0. The largest absolute Gasteiger partial charge is 0.497 e. The number of rotatable bonds is 9. The van der Waals surface area contributed by atoms with Gasteiger partial charge >= 0.3 is 0 Å². The van der Waals surface area contributed by atoms with Gasteiger partial charge in [0.15, 0.2) is 0 Å². The lowest BCUT2D eigenvalue weighted by Crippen LogP contribution is -2.24. The zero-order valence-corrected chi connectivity index (χ0v) is 19.3. The SMILES string of the molecule is COCc1c(C(=O)NCc2ccc(OC)cc2OC)cnn1-c1nccc(-c2cccs2)n1. The molecule has 4 aromatic rings. The molecule has 0 saturated carbocycles. The average molecular weight is 466 g/mol. The van der Waals surface area contributed by atoms with E-state index in [9.17, 15) is 4.79 Å². The van der Waals surface area contributed by atoms with E-state index >= 15 is 0 Å². The highest BCUT2D eigenvalue weighted by Crippen LogP contribution is 2.25. The molecule has 3 heterocycles. The van der Waals surface area contributed by atoms with Crippen molar-refractivity contribution in [3.63, 3.8) is 0 Å². The Morgan fingerprint density at radius 3 is 2.76 bits per heavy atom. The fourth-order valence-corrected chi connectivity index (χ4v) is 3.99. The molecule has 0 aliphatic heterocycles. The summed E-state index contributed by atoms with van der Waals surface area (Å²) < 4.78 is 17.5. The highest BCUT2D eigenvalue weighted by molar-refractivity contribution is 7.13. The number of carbonyl (C=O) groups is 1. The van der Waals surface area contributed by atoms with Crippen molar-refractivity contribution in [1.29, 1.82) is 0 Å². The first-order chi connectivity index (χ1) is 16.1. The van der Waals surface area contributed by atoms with Crippen molar-refractivity contribution in [1.82, 2.24) is 25.1 Å². The normalized spacial score (nSPS) is 10.8. The lowest BCUT2D eigenvalue weighted by Gasteiger charge is -2.12. The van der Waals surface area contributed by atoms with Crippen LogP contribution in [0.4, 0.5) is 0 Å². The molecule has 1 aromatic carbocycles. The number of ether oxygens (including phenoxy) is 3. The Balaban J connectivity index is 1.58. The van der Waals surface area contributed by atoms with Gasteiger partial charge in [0.25, 0.3) is 11.9 Å². The number of nitrogens with zero attached hydrogens (tertiary/aromatic N) is 4. The average Bonchev–Trinajstić information content (AvgIpc) is 3.53. The number of hydrogen-bond donors (Lipinski definition) is 1. The van der Waals surface area contributed by atoms with Crippen molar-refractivity contribution in [2.45, 2.75) is 13.2 Å². The summed E-state index contributed by atoms with van der Waals surface area (Å²) >= 11 is 1.59. The maximum absolute atomic E-state index is 13.0. The molecule has 170 valence electrons. The van der Waals surface area contributed by atoms with E-state index in [0.29, 0.717) is 28.7 Å². The zero-order chi connectivity index (χ0) is 23.2. The van der Waals surface area contributed by atoms with Crippen LogP contribution in [0.5, 0.6) is 11.5 Å². The topological polar surface area (TPSA) is 100 Å². The minimum absolute atomic E-state index is 0.168. The van der Waals surface area contributed by atoms with Gasteiger partial charge in [0, 0.05) is 31.5 Å². The molecule has 4 rings (SSSR count). The smallest absolute Gasteiger partial charge is 0.255 e. The first-order valence-electron chi connectivity index (χ1n) is 10.1. The van der Waals surface area contributed by atoms with Gasteiger partial charge in [-0.05, 0) is 29.6 Å². The van der Waals surface area contributed by atoms with Gasteiger partial charge in [-0.25, -0.2) is 9.97 Å². The van der Waals surface area contributed by atoms with Crippen LogP contribution in [0.15, 0.2) is 54.2 Å². The molecular formula is C23H23N5O4S. The summed E-state index contributed by atoms with van der Waals surface area (Å²) in [6, 6.07) is 11.2. The first-order valence-corrected chi connectivity index (χ1v) is 10.9. The Bertz CT molecular complexity index is 1240. The molecular weight excluding hydrogens is 442 g/mol. The number of hydrogen-bond acceptors (Lipinski definition) is 8. The second kappa shape index (κ2) is 10.2. The summed E-state index contributed by atoms with van der Waals surface area (Å²) in [6.07, 6.45) is 3.17. The maximum Gasteiger partial charge on any atom is 0.255 e.